The van der Waals surface area contributed by atoms with Crippen molar-refractivity contribution < 1.29 is 13.2 Å². The first kappa shape index (κ1) is 12.6. The highest BCUT2D eigenvalue weighted by atomic mass is 19.4. The Labute approximate surface area is 111 Å². The quantitative estimate of drug-likeness (QED) is 0.688. The zero-order valence-corrected chi connectivity index (χ0v) is 10.7. The summed E-state index contributed by atoms with van der Waals surface area (Å²) in [5, 5.41) is 7.69. The second-order valence-corrected chi connectivity index (χ2v) is 4.39. The number of nitrogens with zero attached hydrogens (tertiary/aromatic N) is 5. The molecule has 5 nitrogen and oxygen atoms in total. The Morgan fingerprint density at radius 3 is 2.55 bits per heavy atom. The predicted molar refractivity (Wildman–Crippen MR) is 64.9 cm³/mol. The molecule has 3 aromatic rings. The van der Waals surface area contributed by atoms with Gasteiger partial charge in [0.2, 0.25) is 0 Å². The lowest BCUT2D eigenvalue weighted by atomic mass is 10.1. The van der Waals surface area contributed by atoms with E-state index in [0.29, 0.717) is 5.56 Å². The molecule has 3 aromatic heterocycles. The molecule has 0 saturated heterocycles. The van der Waals surface area contributed by atoms with Gasteiger partial charge in [0.05, 0.1) is 18.1 Å². The van der Waals surface area contributed by atoms with Crippen LogP contribution >= 0.6 is 0 Å². The summed E-state index contributed by atoms with van der Waals surface area (Å²) in [6.45, 7) is 1.78. The van der Waals surface area contributed by atoms with E-state index in [0.717, 1.165) is 16.3 Å². The summed E-state index contributed by atoms with van der Waals surface area (Å²) in [6, 6.07) is 2.43. The molecular formula is C12H10F3N5. The molecule has 0 N–H and O–H groups in total. The molecule has 0 radical (unpaired) electrons. The Kier molecular flexibility index (Phi) is 2.56. The molecule has 8 heteroatoms. The van der Waals surface area contributed by atoms with Crippen molar-refractivity contribution in [3.05, 3.63) is 35.9 Å². The molecule has 0 atom stereocenters. The van der Waals surface area contributed by atoms with Crippen LogP contribution in [0.1, 0.15) is 11.4 Å². The van der Waals surface area contributed by atoms with Crippen LogP contribution in [-0.4, -0.2) is 24.4 Å². The van der Waals surface area contributed by atoms with Crippen molar-refractivity contribution in [3.63, 3.8) is 0 Å². The van der Waals surface area contributed by atoms with Crippen molar-refractivity contribution in [2.45, 2.75) is 13.1 Å². The van der Waals surface area contributed by atoms with Crippen LogP contribution in [0, 0.1) is 6.92 Å². The number of aromatic nitrogens is 5. The second kappa shape index (κ2) is 4.06. The van der Waals surface area contributed by atoms with Crippen LogP contribution in [0.3, 0.4) is 0 Å². The number of hydrogen-bond donors (Lipinski definition) is 0. The fraction of sp³-hybridized carbons (Fsp3) is 0.250. The molecule has 0 spiro atoms. The zero-order chi connectivity index (χ0) is 14.5. The summed E-state index contributed by atoms with van der Waals surface area (Å²) >= 11 is 0. The lowest BCUT2D eigenvalue weighted by Gasteiger charge is -2.10. The number of alkyl halides is 3. The number of fused-ring (bicyclic) bond motifs is 1. The van der Waals surface area contributed by atoms with E-state index in [1.165, 1.54) is 18.5 Å². The van der Waals surface area contributed by atoms with Gasteiger partial charge in [-0.05, 0) is 13.0 Å². The van der Waals surface area contributed by atoms with Crippen LogP contribution < -0.4 is 0 Å². The Balaban J connectivity index is 2.30. The third kappa shape index (κ3) is 1.84. The molecule has 3 heterocycles. The molecule has 0 fully saturated rings. The molecule has 0 bridgehead atoms. The Morgan fingerprint density at radius 2 is 1.95 bits per heavy atom. The maximum absolute atomic E-state index is 13.1. The lowest BCUT2D eigenvalue weighted by Crippen LogP contribution is -2.13. The molecule has 0 saturated carbocycles. The van der Waals surface area contributed by atoms with Gasteiger partial charge in [0.15, 0.2) is 11.3 Å². The summed E-state index contributed by atoms with van der Waals surface area (Å²) in [5.74, 6) is 0. The molecule has 20 heavy (non-hydrogen) atoms. The molecule has 104 valence electrons. The Hall–Kier alpha value is -2.38. The Morgan fingerprint density at radius 1 is 1.20 bits per heavy atom. The van der Waals surface area contributed by atoms with Gasteiger partial charge in [0, 0.05) is 24.4 Å². The fourth-order valence-corrected chi connectivity index (χ4v) is 2.00. The van der Waals surface area contributed by atoms with Gasteiger partial charge in [-0.1, -0.05) is 0 Å². The van der Waals surface area contributed by atoms with E-state index in [4.69, 9.17) is 0 Å². The summed E-state index contributed by atoms with van der Waals surface area (Å²) in [4.78, 5) is 4.20. The molecule has 0 unspecified atom stereocenters. The van der Waals surface area contributed by atoms with Crippen LogP contribution in [0.15, 0.2) is 24.5 Å². The number of hydrogen-bond acceptors (Lipinski definition) is 3. The van der Waals surface area contributed by atoms with Gasteiger partial charge in [-0.3, -0.25) is 4.68 Å². The first-order valence-electron chi connectivity index (χ1n) is 5.79. The molecule has 0 aliphatic heterocycles. The average Bonchev–Trinajstić information content (AvgIpc) is 2.95. The predicted octanol–water partition coefficient (Wildman–Crippen LogP) is 2.46. The second-order valence-electron chi connectivity index (χ2n) is 4.39. The number of halogens is 3. The van der Waals surface area contributed by atoms with Crippen LogP contribution in [-0.2, 0) is 13.2 Å². The SMILES string of the molecule is Cc1c(-c2cc(C(F)(F)F)n3nccc3n2)cnn1C. The smallest absolute Gasteiger partial charge is 0.272 e. The van der Waals surface area contributed by atoms with Gasteiger partial charge in [-0.25, -0.2) is 9.50 Å². The Bertz CT molecular complexity index is 784. The summed E-state index contributed by atoms with van der Waals surface area (Å²) < 4.78 is 41.6. The van der Waals surface area contributed by atoms with Crippen LogP contribution in [0.5, 0.6) is 0 Å². The van der Waals surface area contributed by atoms with E-state index in [-0.39, 0.29) is 11.3 Å². The molecular weight excluding hydrogens is 271 g/mol. The summed E-state index contributed by atoms with van der Waals surface area (Å²) in [5.41, 5.74) is 0.843. The van der Waals surface area contributed by atoms with Crippen molar-refractivity contribution in [3.8, 4) is 11.3 Å². The van der Waals surface area contributed by atoms with Gasteiger partial charge in [-0.15, -0.1) is 0 Å². The average molecular weight is 281 g/mol. The highest BCUT2D eigenvalue weighted by Crippen LogP contribution is 2.32. The van der Waals surface area contributed by atoms with E-state index < -0.39 is 11.9 Å². The largest absolute Gasteiger partial charge is 0.433 e. The highest BCUT2D eigenvalue weighted by molar-refractivity contribution is 5.64. The normalized spacial score (nSPS) is 12.2. The third-order valence-electron chi connectivity index (χ3n) is 3.16. The highest BCUT2D eigenvalue weighted by Gasteiger charge is 2.35. The van der Waals surface area contributed by atoms with Gasteiger partial charge in [-0.2, -0.15) is 23.4 Å². The van der Waals surface area contributed by atoms with Gasteiger partial charge < -0.3 is 0 Å². The first-order valence-corrected chi connectivity index (χ1v) is 5.79. The van der Waals surface area contributed by atoms with E-state index in [1.807, 2.05) is 0 Å². The molecule has 0 aromatic carbocycles. The fourth-order valence-electron chi connectivity index (χ4n) is 2.00. The molecule has 0 amide bonds. The van der Waals surface area contributed by atoms with E-state index in [2.05, 4.69) is 15.2 Å². The first-order chi connectivity index (χ1) is 9.38. The third-order valence-corrected chi connectivity index (χ3v) is 3.16. The van der Waals surface area contributed by atoms with E-state index in [1.54, 1.807) is 18.7 Å². The lowest BCUT2D eigenvalue weighted by molar-refractivity contribution is -0.142. The van der Waals surface area contributed by atoms with Crippen molar-refractivity contribution in [1.29, 1.82) is 0 Å². The monoisotopic (exact) mass is 281 g/mol. The zero-order valence-electron chi connectivity index (χ0n) is 10.7. The van der Waals surface area contributed by atoms with Crippen molar-refractivity contribution >= 4 is 5.65 Å². The molecule has 0 aliphatic rings. The van der Waals surface area contributed by atoms with E-state index in [9.17, 15) is 13.2 Å². The number of rotatable bonds is 1. The van der Waals surface area contributed by atoms with Gasteiger partial charge in [0.1, 0.15) is 0 Å². The standard InChI is InChI=1S/C12H10F3N5/c1-7-8(6-17-19(7)2)9-5-10(12(13,14)15)20-11(18-9)3-4-16-20/h3-6H,1-2H3. The minimum absolute atomic E-state index is 0.151. The van der Waals surface area contributed by atoms with Crippen LogP contribution in [0.2, 0.25) is 0 Å². The van der Waals surface area contributed by atoms with Gasteiger partial charge >= 0.3 is 6.18 Å². The maximum atomic E-state index is 13.1. The van der Waals surface area contributed by atoms with Gasteiger partial charge in [0.25, 0.3) is 0 Å². The van der Waals surface area contributed by atoms with E-state index >= 15 is 0 Å². The minimum Gasteiger partial charge on any atom is -0.272 e. The molecule has 0 aliphatic carbocycles. The summed E-state index contributed by atoms with van der Waals surface area (Å²) in [7, 11) is 1.72. The maximum Gasteiger partial charge on any atom is 0.433 e. The van der Waals surface area contributed by atoms with Crippen molar-refractivity contribution in [2.24, 2.45) is 7.05 Å². The van der Waals surface area contributed by atoms with Crippen LogP contribution in [0.4, 0.5) is 13.2 Å². The minimum atomic E-state index is -4.50. The summed E-state index contributed by atoms with van der Waals surface area (Å²) in [6.07, 6.45) is -1.71. The number of aryl methyl sites for hydroxylation is 1. The van der Waals surface area contributed by atoms with Crippen molar-refractivity contribution in [1.82, 2.24) is 24.4 Å². The topological polar surface area (TPSA) is 48.0 Å². The molecule has 3 rings (SSSR count). The van der Waals surface area contributed by atoms with Crippen molar-refractivity contribution in [2.75, 3.05) is 0 Å². The van der Waals surface area contributed by atoms with Crippen LogP contribution in [0.25, 0.3) is 16.9 Å².